The summed E-state index contributed by atoms with van der Waals surface area (Å²) in [5.74, 6) is -2.37. The van der Waals surface area contributed by atoms with E-state index >= 15 is 0 Å². The first-order chi connectivity index (χ1) is 15.4. The van der Waals surface area contributed by atoms with Crippen molar-refractivity contribution in [2.75, 3.05) is 29.9 Å². The molecule has 1 fully saturated rings. The molecule has 1 N–H and O–H groups in total. The molecule has 0 saturated carbocycles. The minimum absolute atomic E-state index is 0.0880. The lowest BCUT2D eigenvalue weighted by Crippen LogP contribution is -2.41. The number of hydrogen-bond acceptors (Lipinski definition) is 4. The number of carbonyl (C=O) groups is 1. The van der Waals surface area contributed by atoms with E-state index in [1.54, 1.807) is 35.4 Å². The lowest BCUT2D eigenvalue weighted by molar-refractivity contribution is 0.0257. The van der Waals surface area contributed by atoms with Crippen molar-refractivity contribution in [1.29, 1.82) is 0 Å². The summed E-state index contributed by atoms with van der Waals surface area (Å²) in [5.41, 5.74) is 0.857. The lowest BCUT2D eigenvalue weighted by atomic mass is 10.0. The molecule has 0 bridgehead atoms. The molecule has 7 nitrogen and oxygen atoms in total. The summed E-state index contributed by atoms with van der Waals surface area (Å²) in [5, 5.41) is 2.84. The number of amides is 2. The van der Waals surface area contributed by atoms with Gasteiger partial charge in [-0.1, -0.05) is 18.2 Å². The van der Waals surface area contributed by atoms with Crippen LogP contribution in [-0.4, -0.2) is 51.0 Å². The molecule has 0 atom stereocenters. The van der Waals surface area contributed by atoms with Crippen LogP contribution in [0.4, 0.5) is 29.5 Å². The number of benzene rings is 1. The van der Waals surface area contributed by atoms with Gasteiger partial charge < -0.3 is 19.7 Å². The average molecular weight is 442 g/mol. The monoisotopic (exact) mass is 442 g/mol. The third-order valence-corrected chi connectivity index (χ3v) is 5.83. The third-order valence-electron chi connectivity index (χ3n) is 5.83. The van der Waals surface area contributed by atoms with E-state index in [0.29, 0.717) is 25.2 Å². The maximum atomic E-state index is 14.6. The number of fused-ring (bicyclic) bond motifs is 1. The van der Waals surface area contributed by atoms with E-state index in [4.69, 9.17) is 0 Å². The largest absolute Gasteiger partial charge is 0.349 e. The number of urea groups is 1. The molecule has 32 heavy (non-hydrogen) atoms. The number of aromatic nitrogens is 3. The molecule has 4 heterocycles. The molecule has 0 radical (unpaired) electrons. The molecule has 1 aromatic carbocycles. The zero-order valence-electron chi connectivity index (χ0n) is 17.1. The highest BCUT2D eigenvalue weighted by atomic mass is 19.3. The summed E-state index contributed by atoms with van der Waals surface area (Å²) in [7, 11) is 0. The lowest BCUT2D eigenvalue weighted by Gasteiger charge is -2.29. The summed E-state index contributed by atoms with van der Waals surface area (Å²) in [6, 6.07) is 7.30. The van der Waals surface area contributed by atoms with E-state index in [1.165, 1.54) is 17.2 Å². The summed E-state index contributed by atoms with van der Waals surface area (Å²) in [4.78, 5) is 24.7. The number of hydrogen-bond donors (Lipinski definition) is 1. The SMILES string of the molecule is O=C(Nc1c(-c2ccccc2F)ccnc1N1CCC(F)(F)C1)N1CCn2ccnc2C1. The fraction of sp³-hybridized carbons (Fsp3) is 0.318. The minimum Gasteiger partial charge on any atom is -0.349 e. The predicted octanol–water partition coefficient (Wildman–Crippen LogP) is 3.98. The molecule has 2 aliphatic heterocycles. The quantitative estimate of drug-likeness (QED) is 0.667. The van der Waals surface area contributed by atoms with E-state index in [2.05, 4.69) is 15.3 Å². The van der Waals surface area contributed by atoms with E-state index in [1.807, 2.05) is 10.8 Å². The summed E-state index contributed by atoms with van der Waals surface area (Å²) in [6.45, 7) is 0.948. The highest BCUT2D eigenvalue weighted by Crippen LogP contribution is 2.39. The fourth-order valence-electron chi connectivity index (χ4n) is 4.17. The smallest absolute Gasteiger partial charge is 0.322 e. The number of halogens is 3. The van der Waals surface area contributed by atoms with Gasteiger partial charge in [-0.3, -0.25) is 0 Å². The Morgan fingerprint density at radius 1 is 1.03 bits per heavy atom. The predicted molar refractivity (Wildman–Crippen MR) is 113 cm³/mol. The molecule has 0 spiro atoms. The van der Waals surface area contributed by atoms with E-state index < -0.39 is 24.3 Å². The van der Waals surface area contributed by atoms with Gasteiger partial charge in [-0.05, 0) is 12.1 Å². The van der Waals surface area contributed by atoms with Crippen molar-refractivity contribution in [3.63, 3.8) is 0 Å². The number of nitrogens with one attached hydrogen (secondary N) is 1. The molecule has 166 valence electrons. The number of nitrogens with zero attached hydrogens (tertiary/aromatic N) is 5. The van der Waals surface area contributed by atoms with Gasteiger partial charge in [-0.2, -0.15) is 0 Å². The number of alkyl halides is 2. The molecule has 5 rings (SSSR count). The minimum atomic E-state index is -2.85. The Kier molecular flexibility index (Phi) is 4.99. The van der Waals surface area contributed by atoms with E-state index in [9.17, 15) is 18.0 Å². The van der Waals surface area contributed by atoms with Gasteiger partial charge in [-0.15, -0.1) is 0 Å². The average Bonchev–Trinajstić information content (AvgIpc) is 3.39. The zero-order valence-corrected chi connectivity index (χ0v) is 17.1. The van der Waals surface area contributed by atoms with Crippen molar-refractivity contribution in [3.8, 4) is 11.1 Å². The van der Waals surface area contributed by atoms with Crippen LogP contribution in [0.15, 0.2) is 48.9 Å². The van der Waals surface area contributed by atoms with Crippen molar-refractivity contribution in [3.05, 3.63) is 60.6 Å². The van der Waals surface area contributed by atoms with Gasteiger partial charge in [0.1, 0.15) is 11.6 Å². The first-order valence-corrected chi connectivity index (χ1v) is 10.3. The fourth-order valence-corrected chi connectivity index (χ4v) is 4.17. The number of pyridine rings is 1. The van der Waals surface area contributed by atoms with Gasteiger partial charge >= 0.3 is 6.03 Å². The van der Waals surface area contributed by atoms with E-state index in [-0.39, 0.29) is 30.0 Å². The highest BCUT2D eigenvalue weighted by Gasteiger charge is 2.40. The first-order valence-electron chi connectivity index (χ1n) is 10.3. The second kappa shape index (κ2) is 7.85. The number of carbonyl (C=O) groups excluding carboxylic acids is 1. The van der Waals surface area contributed by atoms with Crippen molar-refractivity contribution in [1.82, 2.24) is 19.4 Å². The molecule has 1 saturated heterocycles. The Bertz CT molecular complexity index is 1160. The van der Waals surface area contributed by atoms with Gasteiger partial charge in [0.05, 0.1) is 18.8 Å². The van der Waals surface area contributed by atoms with Crippen LogP contribution >= 0.6 is 0 Å². The van der Waals surface area contributed by atoms with Crippen molar-refractivity contribution >= 4 is 17.5 Å². The van der Waals surface area contributed by atoms with Crippen LogP contribution in [-0.2, 0) is 13.1 Å². The topological polar surface area (TPSA) is 66.3 Å². The van der Waals surface area contributed by atoms with Crippen molar-refractivity contribution < 1.29 is 18.0 Å². The van der Waals surface area contributed by atoms with Crippen LogP contribution < -0.4 is 10.2 Å². The molecule has 10 heteroatoms. The van der Waals surface area contributed by atoms with Gasteiger partial charge in [0.25, 0.3) is 5.92 Å². The van der Waals surface area contributed by atoms with Crippen LogP contribution in [0.2, 0.25) is 0 Å². The second-order valence-corrected chi connectivity index (χ2v) is 7.95. The van der Waals surface area contributed by atoms with Crippen LogP contribution in [0, 0.1) is 5.82 Å². The van der Waals surface area contributed by atoms with Crippen LogP contribution in [0.5, 0.6) is 0 Å². The number of rotatable bonds is 3. The molecule has 2 aromatic heterocycles. The summed E-state index contributed by atoms with van der Waals surface area (Å²) in [6.07, 6.45) is 4.68. The third kappa shape index (κ3) is 3.76. The highest BCUT2D eigenvalue weighted by molar-refractivity contribution is 5.98. The molecule has 2 amide bonds. The van der Waals surface area contributed by atoms with Gasteiger partial charge in [0, 0.05) is 55.8 Å². The van der Waals surface area contributed by atoms with Crippen LogP contribution in [0.3, 0.4) is 0 Å². The standard InChI is InChI=1S/C22H21F3N6O/c23-17-4-2-1-3-15(17)16-5-7-27-20(31-9-6-22(24,25)14-31)19(16)28-21(32)30-12-11-29-10-8-26-18(29)13-30/h1-5,7-8,10H,6,9,11-14H2,(H,28,32). The molecule has 3 aromatic rings. The van der Waals surface area contributed by atoms with Crippen molar-refractivity contribution in [2.45, 2.75) is 25.4 Å². The Morgan fingerprint density at radius 2 is 1.88 bits per heavy atom. The number of anilines is 2. The molecular weight excluding hydrogens is 421 g/mol. The van der Waals surface area contributed by atoms with Crippen LogP contribution in [0.1, 0.15) is 12.2 Å². The Hall–Kier alpha value is -3.56. The molecule has 2 aliphatic rings. The normalized spacial score (nSPS) is 17.3. The second-order valence-electron chi connectivity index (χ2n) is 7.95. The molecular formula is C22H21F3N6O. The molecule has 0 unspecified atom stereocenters. The summed E-state index contributed by atoms with van der Waals surface area (Å²) >= 11 is 0. The zero-order chi connectivity index (χ0) is 22.3. The Labute approximate surface area is 182 Å². The van der Waals surface area contributed by atoms with Gasteiger partial charge in [0.2, 0.25) is 0 Å². The van der Waals surface area contributed by atoms with Crippen molar-refractivity contribution in [2.24, 2.45) is 0 Å². The molecule has 0 aliphatic carbocycles. The Balaban J connectivity index is 1.51. The van der Waals surface area contributed by atoms with Gasteiger partial charge in [-0.25, -0.2) is 27.9 Å². The summed E-state index contributed by atoms with van der Waals surface area (Å²) < 4.78 is 44.4. The maximum Gasteiger partial charge on any atom is 0.322 e. The number of imidazole rings is 1. The first kappa shape index (κ1) is 20.3. The Morgan fingerprint density at radius 3 is 2.66 bits per heavy atom. The maximum absolute atomic E-state index is 14.6. The van der Waals surface area contributed by atoms with E-state index in [0.717, 1.165) is 5.82 Å². The van der Waals surface area contributed by atoms with Gasteiger partial charge in [0.15, 0.2) is 5.82 Å². The van der Waals surface area contributed by atoms with Crippen LogP contribution in [0.25, 0.3) is 11.1 Å².